The van der Waals surface area contributed by atoms with Gasteiger partial charge in [-0.1, -0.05) is 140 Å². The molecule has 0 saturated heterocycles. The zero-order chi connectivity index (χ0) is 38.2. The number of nitro groups is 2. The molecular formula is C45H60N4O4. The number of anilines is 2. The molecule has 4 aromatic carbocycles. The van der Waals surface area contributed by atoms with Gasteiger partial charge < -0.3 is 11.5 Å². The summed E-state index contributed by atoms with van der Waals surface area (Å²) >= 11 is 0. The van der Waals surface area contributed by atoms with E-state index in [-0.39, 0.29) is 17.3 Å². The fourth-order valence-electron chi connectivity index (χ4n) is 8.62. The van der Waals surface area contributed by atoms with Crippen LogP contribution < -0.4 is 11.5 Å². The number of non-ortho nitro benzene ring substituents is 2. The standard InChI is InChI=1S/C15H14N2O4.C15H18N2.C15H28/c1-2-15(11-3-7-13(8-4-11)16(18)19)12-5-9-14(10-6-12)17(20)21;1-2-15(11-3-7-13(16)8-4-11)12-5-9-14(17)10-6-12;1-2-15(13-9-5-3-6-10-13)14-11-7-4-8-12-14/h3-10,15H,2H2,1H3;3-10,15H,2,16-17H2,1H3;13-15H,2-12H2,1H3. The molecule has 4 N–H and O–H groups in total. The third-order valence-corrected chi connectivity index (χ3v) is 11.5. The fourth-order valence-corrected chi connectivity index (χ4v) is 8.62. The Hall–Kier alpha value is -4.72. The van der Waals surface area contributed by atoms with E-state index in [1.54, 1.807) is 49.9 Å². The second kappa shape index (κ2) is 21.1. The fraction of sp³-hybridized carbons (Fsp3) is 0.467. The maximum atomic E-state index is 10.7. The smallest absolute Gasteiger partial charge is 0.269 e. The van der Waals surface area contributed by atoms with Crippen LogP contribution in [0.2, 0.25) is 0 Å². The quantitative estimate of drug-likeness (QED) is 0.0898. The van der Waals surface area contributed by atoms with E-state index in [4.69, 9.17) is 11.5 Å². The largest absolute Gasteiger partial charge is 0.399 e. The molecule has 0 bridgehead atoms. The number of hydrogen-bond acceptors (Lipinski definition) is 6. The van der Waals surface area contributed by atoms with Crippen LogP contribution in [-0.2, 0) is 0 Å². The first-order chi connectivity index (χ1) is 25.6. The van der Waals surface area contributed by atoms with Crippen molar-refractivity contribution in [1.82, 2.24) is 0 Å². The summed E-state index contributed by atoms with van der Waals surface area (Å²) in [4.78, 5) is 20.5. The lowest BCUT2D eigenvalue weighted by atomic mass is 9.69. The number of benzene rings is 4. The van der Waals surface area contributed by atoms with E-state index in [1.165, 1.54) is 80.3 Å². The molecule has 2 aliphatic carbocycles. The first-order valence-electron chi connectivity index (χ1n) is 19.8. The molecule has 0 spiro atoms. The highest BCUT2D eigenvalue weighted by atomic mass is 16.6. The summed E-state index contributed by atoms with van der Waals surface area (Å²) in [6.45, 7) is 6.64. The first kappa shape index (κ1) is 41.0. The van der Waals surface area contributed by atoms with E-state index in [0.29, 0.717) is 5.92 Å². The molecule has 2 fully saturated rings. The molecule has 0 unspecified atom stereocenters. The average Bonchev–Trinajstić information content (AvgIpc) is 3.19. The van der Waals surface area contributed by atoms with Gasteiger partial charge in [0.1, 0.15) is 0 Å². The number of nitrogens with two attached hydrogens (primary N) is 2. The SMILES string of the molecule is CCC(C1CCCCC1)C1CCCCC1.CCC(c1ccc(N)cc1)c1ccc(N)cc1.CCC(c1ccc([N+](=O)[O-])cc1)c1ccc([N+](=O)[O-])cc1. The highest BCUT2D eigenvalue weighted by Crippen LogP contribution is 2.41. The molecule has 0 heterocycles. The molecule has 8 nitrogen and oxygen atoms in total. The summed E-state index contributed by atoms with van der Waals surface area (Å²) in [6.07, 6.45) is 18.6. The molecule has 8 heteroatoms. The average molecular weight is 721 g/mol. The molecule has 0 aliphatic heterocycles. The van der Waals surface area contributed by atoms with Gasteiger partial charge in [-0.2, -0.15) is 0 Å². The zero-order valence-corrected chi connectivity index (χ0v) is 32.0. The van der Waals surface area contributed by atoms with Gasteiger partial charge in [0.2, 0.25) is 0 Å². The minimum absolute atomic E-state index is 0.0531. The summed E-state index contributed by atoms with van der Waals surface area (Å²) in [6, 6.07) is 29.0. The van der Waals surface area contributed by atoms with Crippen molar-refractivity contribution in [2.24, 2.45) is 17.8 Å². The van der Waals surface area contributed by atoms with Gasteiger partial charge >= 0.3 is 0 Å². The van der Waals surface area contributed by atoms with Crippen LogP contribution in [0.25, 0.3) is 0 Å². The van der Waals surface area contributed by atoms with Crippen molar-refractivity contribution in [3.05, 3.63) is 140 Å². The van der Waals surface area contributed by atoms with Crippen molar-refractivity contribution >= 4 is 22.7 Å². The van der Waals surface area contributed by atoms with Crippen LogP contribution in [0, 0.1) is 38.0 Å². The number of hydrogen-bond donors (Lipinski definition) is 2. The second-order valence-corrected chi connectivity index (χ2v) is 14.8. The number of nitrogen functional groups attached to an aromatic ring is 2. The number of nitrogens with zero attached hydrogens (tertiary/aromatic N) is 2. The van der Waals surface area contributed by atoms with E-state index in [2.05, 4.69) is 38.1 Å². The van der Waals surface area contributed by atoms with E-state index >= 15 is 0 Å². The van der Waals surface area contributed by atoms with E-state index in [1.807, 2.05) is 31.2 Å². The summed E-state index contributed by atoms with van der Waals surface area (Å²) in [5.74, 6) is 3.77. The summed E-state index contributed by atoms with van der Waals surface area (Å²) < 4.78 is 0. The monoisotopic (exact) mass is 720 g/mol. The Labute approximate surface area is 316 Å². The van der Waals surface area contributed by atoms with Crippen molar-refractivity contribution in [2.45, 2.75) is 116 Å². The Bertz CT molecular complexity index is 1540. The van der Waals surface area contributed by atoms with Crippen LogP contribution in [0.3, 0.4) is 0 Å². The van der Waals surface area contributed by atoms with Crippen LogP contribution in [0.4, 0.5) is 22.7 Å². The van der Waals surface area contributed by atoms with Crippen LogP contribution in [-0.4, -0.2) is 9.85 Å². The van der Waals surface area contributed by atoms with Crippen molar-refractivity contribution in [1.29, 1.82) is 0 Å². The van der Waals surface area contributed by atoms with E-state index in [9.17, 15) is 20.2 Å². The van der Waals surface area contributed by atoms with Crippen LogP contribution >= 0.6 is 0 Å². The Balaban J connectivity index is 0.000000180. The second-order valence-electron chi connectivity index (χ2n) is 14.8. The predicted molar refractivity (Wildman–Crippen MR) is 219 cm³/mol. The first-order valence-corrected chi connectivity index (χ1v) is 19.8. The highest BCUT2D eigenvalue weighted by Gasteiger charge is 2.29. The van der Waals surface area contributed by atoms with Gasteiger partial charge in [0, 0.05) is 47.5 Å². The Morgan fingerprint density at radius 1 is 0.491 bits per heavy atom. The molecule has 0 amide bonds. The molecule has 2 saturated carbocycles. The van der Waals surface area contributed by atoms with Gasteiger partial charge in [-0.3, -0.25) is 20.2 Å². The third-order valence-electron chi connectivity index (χ3n) is 11.5. The van der Waals surface area contributed by atoms with Gasteiger partial charge in [-0.05, 0) is 77.1 Å². The van der Waals surface area contributed by atoms with Gasteiger partial charge in [0.25, 0.3) is 11.4 Å². The maximum absolute atomic E-state index is 10.7. The summed E-state index contributed by atoms with van der Waals surface area (Å²) in [5, 5.41) is 21.3. The molecular weight excluding hydrogens is 661 g/mol. The lowest BCUT2D eigenvalue weighted by Crippen LogP contribution is -2.26. The topological polar surface area (TPSA) is 138 Å². The van der Waals surface area contributed by atoms with Gasteiger partial charge in [0.05, 0.1) is 9.85 Å². The van der Waals surface area contributed by atoms with Gasteiger partial charge in [-0.15, -0.1) is 0 Å². The van der Waals surface area contributed by atoms with Crippen molar-refractivity contribution in [3.63, 3.8) is 0 Å². The molecule has 0 radical (unpaired) electrons. The Morgan fingerprint density at radius 2 is 0.774 bits per heavy atom. The summed E-state index contributed by atoms with van der Waals surface area (Å²) in [5.41, 5.74) is 17.6. The molecule has 6 rings (SSSR count). The zero-order valence-electron chi connectivity index (χ0n) is 32.0. The molecule has 53 heavy (non-hydrogen) atoms. The minimum atomic E-state index is -0.434. The highest BCUT2D eigenvalue weighted by molar-refractivity contribution is 5.46. The van der Waals surface area contributed by atoms with E-state index in [0.717, 1.165) is 53.1 Å². The van der Waals surface area contributed by atoms with Gasteiger partial charge in [0.15, 0.2) is 0 Å². The molecule has 284 valence electrons. The van der Waals surface area contributed by atoms with Crippen LogP contribution in [0.5, 0.6) is 0 Å². The predicted octanol–water partition coefficient (Wildman–Crippen LogP) is 12.6. The minimum Gasteiger partial charge on any atom is -0.399 e. The van der Waals surface area contributed by atoms with E-state index < -0.39 is 9.85 Å². The number of nitro benzene ring substituents is 2. The Morgan fingerprint density at radius 3 is 1.02 bits per heavy atom. The molecule has 0 atom stereocenters. The lowest BCUT2D eigenvalue weighted by molar-refractivity contribution is -0.385. The lowest BCUT2D eigenvalue weighted by Gasteiger charge is -2.37. The number of rotatable bonds is 11. The van der Waals surface area contributed by atoms with Crippen molar-refractivity contribution < 1.29 is 9.85 Å². The van der Waals surface area contributed by atoms with Crippen LogP contribution in [0.15, 0.2) is 97.1 Å². The van der Waals surface area contributed by atoms with Gasteiger partial charge in [-0.25, -0.2) is 0 Å². The van der Waals surface area contributed by atoms with Crippen molar-refractivity contribution in [3.8, 4) is 0 Å². The van der Waals surface area contributed by atoms with Crippen LogP contribution in [0.1, 0.15) is 138 Å². The Kier molecular flexibility index (Phi) is 16.3. The summed E-state index contributed by atoms with van der Waals surface area (Å²) in [7, 11) is 0. The molecule has 4 aromatic rings. The molecule has 2 aliphatic rings. The van der Waals surface area contributed by atoms with Crippen molar-refractivity contribution in [2.75, 3.05) is 11.5 Å². The third kappa shape index (κ3) is 12.2. The molecule has 0 aromatic heterocycles. The normalized spacial score (nSPS) is 15.0. The maximum Gasteiger partial charge on any atom is 0.269 e.